The van der Waals surface area contributed by atoms with E-state index in [1.165, 1.54) is 24.5 Å². The van der Waals surface area contributed by atoms with Gasteiger partial charge in [0.25, 0.3) is 5.91 Å². The van der Waals surface area contributed by atoms with E-state index in [1.807, 2.05) is 0 Å². The fourth-order valence-electron chi connectivity index (χ4n) is 2.31. The van der Waals surface area contributed by atoms with E-state index in [9.17, 15) is 31.1 Å². The Hall–Kier alpha value is -3.83. The van der Waals surface area contributed by atoms with Gasteiger partial charge in [0.05, 0.1) is 5.56 Å². The number of halogens is 6. The van der Waals surface area contributed by atoms with E-state index in [0.717, 1.165) is 24.3 Å². The van der Waals surface area contributed by atoms with E-state index in [2.05, 4.69) is 20.0 Å². The summed E-state index contributed by atoms with van der Waals surface area (Å²) in [6, 6.07) is 7.40. The summed E-state index contributed by atoms with van der Waals surface area (Å²) in [6.07, 6.45) is -6.47. The lowest BCUT2D eigenvalue weighted by atomic mass is 10.1. The van der Waals surface area contributed by atoms with Crippen LogP contribution < -0.4 is 14.8 Å². The molecule has 1 N–H and O–H groups in total. The summed E-state index contributed by atoms with van der Waals surface area (Å²) in [4.78, 5) is 19.9. The molecular formula is C19H11F6N3O3. The third-order valence-corrected chi connectivity index (χ3v) is 3.63. The van der Waals surface area contributed by atoms with Crippen molar-refractivity contribution in [3.63, 3.8) is 0 Å². The van der Waals surface area contributed by atoms with Gasteiger partial charge >= 0.3 is 12.5 Å². The fourth-order valence-corrected chi connectivity index (χ4v) is 2.31. The van der Waals surface area contributed by atoms with Gasteiger partial charge in [-0.2, -0.15) is 13.2 Å². The van der Waals surface area contributed by atoms with Gasteiger partial charge in [-0.25, -0.2) is 4.98 Å². The first kappa shape index (κ1) is 21.9. The van der Waals surface area contributed by atoms with Crippen LogP contribution in [0.3, 0.4) is 0 Å². The van der Waals surface area contributed by atoms with Gasteiger partial charge in [-0.15, -0.1) is 13.2 Å². The number of nitrogens with one attached hydrogen (secondary N) is 1. The minimum absolute atomic E-state index is 0.0836. The minimum atomic E-state index is -4.89. The Balaban J connectivity index is 1.89. The Kier molecular flexibility index (Phi) is 5.99. The predicted molar refractivity (Wildman–Crippen MR) is 94.6 cm³/mol. The van der Waals surface area contributed by atoms with Gasteiger partial charge in [-0.3, -0.25) is 9.78 Å². The first-order valence-electron chi connectivity index (χ1n) is 8.33. The second-order valence-electron chi connectivity index (χ2n) is 5.89. The number of ether oxygens (including phenoxy) is 2. The van der Waals surface area contributed by atoms with Gasteiger partial charge in [0.15, 0.2) is 0 Å². The van der Waals surface area contributed by atoms with Crippen LogP contribution in [0.4, 0.5) is 32.0 Å². The number of alkyl halides is 6. The quantitative estimate of drug-likeness (QED) is 0.532. The second-order valence-corrected chi connectivity index (χ2v) is 5.89. The van der Waals surface area contributed by atoms with Crippen LogP contribution in [-0.2, 0) is 6.18 Å². The summed E-state index contributed by atoms with van der Waals surface area (Å²) >= 11 is 0. The van der Waals surface area contributed by atoms with Crippen molar-refractivity contribution in [2.45, 2.75) is 12.5 Å². The first-order valence-corrected chi connectivity index (χ1v) is 8.33. The van der Waals surface area contributed by atoms with Crippen molar-refractivity contribution in [2.75, 3.05) is 5.32 Å². The molecule has 3 rings (SSSR count). The van der Waals surface area contributed by atoms with Crippen molar-refractivity contribution in [3.05, 3.63) is 72.2 Å². The highest BCUT2D eigenvalue weighted by Crippen LogP contribution is 2.33. The molecule has 0 atom stereocenters. The molecule has 0 saturated heterocycles. The Morgan fingerprint density at radius 3 is 2.10 bits per heavy atom. The van der Waals surface area contributed by atoms with Crippen LogP contribution in [0.2, 0.25) is 0 Å². The summed E-state index contributed by atoms with van der Waals surface area (Å²) in [7, 11) is 0. The van der Waals surface area contributed by atoms with Crippen molar-refractivity contribution in [1.82, 2.24) is 9.97 Å². The van der Waals surface area contributed by atoms with E-state index in [1.54, 1.807) is 0 Å². The number of rotatable bonds is 5. The molecule has 0 unspecified atom stereocenters. The molecule has 0 radical (unpaired) electrons. The second kappa shape index (κ2) is 8.50. The zero-order valence-electron chi connectivity index (χ0n) is 15.2. The van der Waals surface area contributed by atoms with Gasteiger partial charge in [0, 0.05) is 24.3 Å². The van der Waals surface area contributed by atoms with E-state index in [-0.39, 0.29) is 11.4 Å². The number of carbonyl (C=O) groups is 1. The number of pyridine rings is 2. The molecule has 0 aliphatic carbocycles. The van der Waals surface area contributed by atoms with E-state index >= 15 is 0 Å². The summed E-state index contributed by atoms with van der Waals surface area (Å²) in [5, 5.41) is 2.39. The number of amides is 1. The zero-order chi connectivity index (χ0) is 22.6. The SMILES string of the molecule is O=C(Nc1ccncc1)c1cc(C(F)(F)F)cnc1Oc1ccc(OC(F)(F)F)cc1. The fraction of sp³-hybridized carbons (Fsp3) is 0.105. The Bertz CT molecular complexity index is 1050. The van der Waals surface area contributed by atoms with Crippen LogP contribution in [0.15, 0.2) is 61.1 Å². The number of benzene rings is 1. The average Bonchev–Trinajstić information content (AvgIpc) is 2.68. The molecule has 0 fully saturated rings. The Morgan fingerprint density at radius 1 is 0.903 bits per heavy atom. The number of hydrogen-bond donors (Lipinski definition) is 1. The highest BCUT2D eigenvalue weighted by Gasteiger charge is 2.33. The molecule has 0 saturated carbocycles. The van der Waals surface area contributed by atoms with E-state index in [4.69, 9.17) is 4.74 Å². The predicted octanol–water partition coefficient (Wildman–Crippen LogP) is 5.44. The maximum atomic E-state index is 13.1. The van der Waals surface area contributed by atoms with Crippen LogP contribution in [0, 0.1) is 0 Å². The van der Waals surface area contributed by atoms with Crippen LogP contribution in [0.25, 0.3) is 0 Å². The normalized spacial score (nSPS) is 11.7. The number of aromatic nitrogens is 2. The number of anilines is 1. The van der Waals surface area contributed by atoms with Crippen molar-refractivity contribution in [1.29, 1.82) is 0 Å². The van der Waals surface area contributed by atoms with Crippen LogP contribution >= 0.6 is 0 Å². The molecule has 0 spiro atoms. The molecule has 3 aromatic rings. The molecule has 1 amide bonds. The number of carbonyl (C=O) groups excluding carboxylic acids is 1. The van der Waals surface area contributed by atoms with Gasteiger partial charge < -0.3 is 14.8 Å². The maximum Gasteiger partial charge on any atom is 0.573 e. The van der Waals surface area contributed by atoms with Gasteiger partial charge in [-0.1, -0.05) is 0 Å². The smallest absolute Gasteiger partial charge is 0.438 e. The monoisotopic (exact) mass is 443 g/mol. The topological polar surface area (TPSA) is 73.3 Å². The van der Waals surface area contributed by atoms with Crippen molar-refractivity contribution in [2.24, 2.45) is 0 Å². The number of hydrogen-bond acceptors (Lipinski definition) is 5. The third kappa shape index (κ3) is 6.07. The molecule has 162 valence electrons. The molecule has 12 heteroatoms. The minimum Gasteiger partial charge on any atom is -0.438 e. The molecule has 6 nitrogen and oxygen atoms in total. The maximum absolute atomic E-state index is 13.1. The highest BCUT2D eigenvalue weighted by molar-refractivity contribution is 6.06. The summed E-state index contributed by atoms with van der Waals surface area (Å²) in [6.45, 7) is 0. The van der Waals surface area contributed by atoms with Crippen molar-refractivity contribution in [3.8, 4) is 17.4 Å². The molecule has 0 aliphatic heterocycles. The highest BCUT2D eigenvalue weighted by atomic mass is 19.4. The lowest BCUT2D eigenvalue weighted by Gasteiger charge is -2.14. The Labute approximate surface area is 170 Å². The summed E-state index contributed by atoms with van der Waals surface area (Å²) in [5.41, 5.74) is -1.46. The molecule has 0 bridgehead atoms. The molecule has 31 heavy (non-hydrogen) atoms. The zero-order valence-corrected chi connectivity index (χ0v) is 15.2. The van der Waals surface area contributed by atoms with Gasteiger partial charge in [0.1, 0.15) is 17.1 Å². The van der Waals surface area contributed by atoms with Crippen LogP contribution in [-0.4, -0.2) is 22.2 Å². The van der Waals surface area contributed by atoms with Crippen molar-refractivity contribution < 1.29 is 40.6 Å². The first-order chi connectivity index (χ1) is 14.5. The van der Waals surface area contributed by atoms with E-state index in [0.29, 0.717) is 12.3 Å². The molecular weight excluding hydrogens is 432 g/mol. The van der Waals surface area contributed by atoms with Crippen LogP contribution in [0.1, 0.15) is 15.9 Å². The van der Waals surface area contributed by atoms with Crippen molar-refractivity contribution >= 4 is 11.6 Å². The average molecular weight is 443 g/mol. The van der Waals surface area contributed by atoms with Crippen LogP contribution in [0.5, 0.6) is 17.4 Å². The van der Waals surface area contributed by atoms with E-state index < -0.39 is 41.2 Å². The van der Waals surface area contributed by atoms with Gasteiger partial charge in [0.2, 0.25) is 5.88 Å². The lowest BCUT2D eigenvalue weighted by Crippen LogP contribution is -2.17. The molecule has 2 heterocycles. The Morgan fingerprint density at radius 2 is 1.52 bits per heavy atom. The lowest BCUT2D eigenvalue weighted by molar-refractivity contribution is -0.274. The third-order valence-electron chi connectivity index (χ3n) is 3.63. The number of nitrogens with zero attached hydrogens (tertiary/aromatic N) is 2. The molecule has 0 aliphatic rings. The molecule has 2 aromatic heterocycles. The summed E-state index contributed by atoms with van der Waals surface area (Å²) in [5.74, 6) is -2.04. The largest absolute Gasteiger partial charge is 0.573 e. The standard InChI is InChI=1S/C19H11F6N3O3/c20-18(21,22)11-9-15(16(29)28-12-5-7-26-8-6-12)17(27-10-11)30-13-1-3-14(4-2-13)31-19(23,24)25/h1-10H,(H,26,28,29). The summed E-state index contributed by atoms with van der Waals surface area (Å²) < 4.78 is 85.0. The molecule has 1 aromatic carbocycles. The van der Waals surface area contributed by atoms with Gasteiger partial charge in [-0.05, 0) is 42.5 Å².